The zero-order chi connectivity index (χ0) is 13.1. The molecule has 0 saturated heterocycles. The molecule has 96 valence electrons. The van der Waals surface area contributed by atoms with Gasteiger partial charge in [-0.2, -0.15) is 0 Å². The lowest BCUT2D eigenvalue weighted by molar-refractivity contribution is 0.529. The number of thioether (sulfide) groups is 1. The van der Waals surface area contributed by atoms with Crippen LogP contribution in [0, 0.1) is 0 Å². The second kappa shape index (κ2) is 5.46. The van der Waals surface area contributed by atoms with Gasteiger partial charge in [-0.05, 0) is 35.7 Å². The lowest BCUT2D eigenvalue weighted by Gasteiger charge is -1.98. The van der Waals surface area contributed by atoms with Crippen LogP contribution < -0.4 is 5.73 Å². The molecule has 2 N–H and O–H groups in total. The number of hydrogen-bond donors (Lipinski definition) is 1. The molecule has 6 heteroatoms. The Morgan fingerprint density at radius 2 is 2.00 bits per heavy atom. The zero-order valence-electron chi connectivity index (χ0n) is 9.95. The number of benzene rings is 1. The van der Waals surface area contributed by atoms with E-state index >= 15 is 0 Å². The average Bonchev–Trinajstić information content (AvgIpc) is 3.09. The normalized spacial score (nSPS) is 10.7. The molecule has 2 aromatic heterocycles. The van der Waals surface area contributed by atoms with Crippen LogP contribution in [0.5, 0.6) is 0 Å². The minimum atomic E-state index is 0.586. The molecule has 2 heterocycles. The molecule has 4 nitrogen and oxygen atoms in total. The van der Waals surface area contributed by atoms with Crippen molar-refractivity contribution in [2.45, 2.75) is 10.6 Å². The van der Waals surface area contributed by atoms with E-state index in [1.807, 2.05) is 41.8 Å². The third kappa shape index (κ3) is 2.97. The summed E-state index contributed by atoms with van der Waals surface area (Å²) >= 11 is 3.23. The summed E-state index contributed by atoms with van der Waals surface area (Å²) in [7, 11) is 0. The third-order valence-corrected chi connectivity index (χ3v) is 4.30. The maximum atomic E-state index is 5.64. The second-order valence-corrected chi connectivity index (χ2v) is 5.83. The number of thiophene rings is 1. The first kappa shape index (κ1) is 12.3. The summed E-state index contributed by atoms with van der Waals surface area (Å²) in [6.45, 7) is 0. The standard InChI is InChI=1S/C13H11N3OS2/c14-9-3-5-10(6-4-9)19-8-12-15-16-13(17-12)11-2-1-7-18-11/h1-7H,8,14H2. The molecule has 0 amide bonds. The molecule has 0 radical (unpaired) electrons. The molecule has 0 atom stereocenters. The highest BCUT2D eigenvalue weighted by Gasteiger charge is 2.09. The van der Waals surface area contributed by atoms with Crippen molar-refractivity contribution in [3.63, 3.8) is 0 Å². The largest absolute Gasteiger partial charge is 0.419 e. The van der Waals surface area contributed by atoms with Crippen molar-refractivity contribution in [1.82, 2.24) is 10.2 Å². The van der Waals surface area contributed by atoms with E-state index in [-0.39, 0.29) is 0 Å². The number of nitrogens with two attached hydrogens (primary N) is 1. The van der Waals surface area contributed by atoms with E-state index in [9.17, 15) is 0 Å². The van der Waals surface area contributed by atoms with Crippen molar-refractivity contribution < 1.29 is 4.42 Å². The first-order chi connectivity index (χ1) is 9.31. The average molecular weight is 289 g/mol. The van der Waals surface area contributed by atoms with E-state index in [0.29, 0.717) is 17.5 Å². The van der Waals surface area contributed by atoms with E-state index in [0.717, 1.165) is 15.5 Å². The predicted octanol–water partition coefficient (Wildman–Crippen LogP) is 3.67. The van der Waals surface area contributed by atoms with Crippen LogP contribution in [0.25, 0.3) is 10.8 Å². The van der Waals surface area contributed by atoms with Crippen molar-refractivity contribution in [2.75, 3.05) is 5.73 Å². The quantitative estimate of drug-likeness (QED) is 0.586. The Kier molecular flexibility index (Phi) is 3.52. The summed E-state index contributed by atoms with van der Waals surface area (Å²) in [5, 5.41) is 10.1. The van der Waals surface area contributed by atoms with E-state index in [2.05, 4.69) is 10.2 Å². The predicted molar refractivity (Wildman–Crippen MR) is 78.0 cm³/mol. The van der Waals surface area contributed by atoms with Crippen molar-refractivity contribution in [1.29, 1.82) is 0 Å². The van der Waals surface area contributed by atoms with Crippen molar-refractivity contribution in [3.05, 3.63) is 47.7 Å². The van der Waals surface area contributed by atoms with Crippen LogP contribution in [0.1, 0.15) is 5.89 Å². The highest BCUT2D eigenvalue weighted by molar-refractivity contribution is 7.98. The summed E-state index contributed by atoms with van der Waals surface area (Å²) in [6, 6.07) is 11.7. The van der Waals surface area contributed by atoms with Crippen molar-refractivity contribution in [2.24, 2.45) is 0 Å². The highest BCUT2D eigenvalue weighted by Crippen LogP contribution is 2.26. The van der Waals surface area contributed by atoms with Gasteiger partial charge in [0, 0.05) is 10.6 Å². The van der Waals surface area contributed by atoms with Crippen LogP contribution in [0.4, 0.5) is 5.69 Å². The molecular weight excluding hydrogens is 278 g/mol. The number of hydrogen-bond acceptors (Lipinski definition) is 6. The maximum absolute atomic E-state index is 5.64. The molecule has 0 aliphatic rings. The zero-order valence-corrected chi connectivity index (χ0v) is 11.6. The van der Waals surface area contributed by atoms with Gasteiger partial charge in [-0.15, -0.1) is 33.3 Å². The first-order valence-corrected chi connectivity index (χ1v) is 7.52. The Balaban J connectivity index is 1.66. The lowest BCUT2D eigenvalue weighted by atomic mass is 10.3. The van der Waals surface area contributed by atoms with Crippen LogP contribution in [0.3, 0.4) is 0 Å². The van der Waals surface area contributed by atoms with Gasteiger partial charge in [-0.3, -0.25) is 0 Å². The summed E-state index contributed by atoms with van der Waals surface area (Å²) in [6.07, 6.45) is 0. The Hall–Kier alpha value is -1.79. The molecule has 0 spiro atoms. The molecule has 3 rings (SSSR count). The minimum Gasteiger partial charge on any atom is -0.419 e. The van der Waals surface area contributed by atoms with Crippen molar-refractivity contribution >= 4 is 28.8 Å². The molecule has 0 fully saturated rings. The fourth-order valence-electron chi connectivity index (χ4n) is 1.52. The van der Waals surface area contributed by atoms with Gasteiger partial charge in [0.2, 0.25) is 5.89 Å². The fourth-order valence-corrected chi connectivity index (χ4v) is 2.90. The monoisotopic (exact) mass is 289 g/mol. The fraction of sp³-hybridized carbons (Fsp3) is 0.0769. The van der Waals surface area contributed by atoms with Crippen LogP contribution in [-0.4, -0.2) is 10.2 Å². The van der Waals surface area contributed by atoms with E-state index in [1.54, 1.807) is 23.1 Å². The molecule has 19 heavy (non-hydrogen) atoms. The van der Waals surface area contributed by atoms with Gasteiger partial charge in [0.1, 0.15) is 0 Å². The molecule has 0 saturated carbocycles. The number of anilines is 1. The minimum absolute atomic E-state index is 0.586. The second-order valence-electron chi connectivity index (χ2n) is 3.84. The topological polar surface area (TPSA) is 64.9 Å². The van der Waals surface area contributed by atoms with Gasteiger partial charge in [0.25, 0.3) is 5.89 Å². The molecule has 0 aliphatic carbocycles. The van der Waals surface area contributed by atoms with E-state index < -0.39 is 0 Å². The Labute approximate surface area is 118 Å². The van der Waals surface area contributed by atoms with E-state index in [4.69, 9.17) is 10.2 Å². The molecular formula is C13H11N3OS2. The highest BCUT2D eigenvalue weighted by atomic mass is 32.2. The SMILES string of the molecule is Nc1ccc(SCc2nnc(-c3cccs3)o2)cc1. The van der Waals surface area contributed by atoms with Crippen LogP contribution in [0.15, 0.2) is 51.1 Å². The Morgan fingerprint density at radius 1 is 1.16 bits per heavy atom. The maximum Gasteiger partial charge on any atom is 0.257 e. The summed E-state index contributed by atoms with van der Waals surface area (Å²) in [4.78, 5) is 2.13. The van der Waals surface area contributed by atoms with Crippen LogP contribution >= 0.6 is 23.1 Å². The van der Waals surface area contributed by atoms with Crippen LogP contribution in [0.2, 0.25) is 0 Å². The summed E-state index contributed by atoms with van der Waals surface area (Å²) in [5.41, 5.74) is 6.41. The number of aromatic nitrogens is 2. The Morgan fingerprint density at radius 3 is 2.74 bits per heavy atom. The molecule has 3 aromatic rings. The number of rotatable bonds is 4. The van der Waals surface area contributed by atoms with Gasteiger partial charge < -0.3 is 10.2 Å². The van der Waals surface area contributed by atoms with Gasteiger partial charge in [-0.1, -0.05) is 6.07 Å². The smallest absolute Gasteiger partial charge is 0.257 e. The number of nitrogen functional groups attached to an aromatic ring is 1. The molecule has 0 bridgehead atoms. The van der Waals surface area contributed by atoms with Gasteiger partial charge in [0.05, 0.1) is 10.6 Å². The lowest BCUT2D eigenvalue weighted by Crippen LogP contribution is -1.84. The van der Waals surface area contributed by atoms with E-state index in [1.165, 1.54) is 0 Å². The van der Waals surface area contributed by atoms with Gasteiger partial charge in [-0.25, -0.2) is 0 Å². The summed E-state index contributed by atoms with van der Waals surface area (Å²) in [5.74, 6) is 1.87. The van der Waals surface area contributed by atoms with Crippen molar-refractivity contribution in [3.8, 4) is 10.8 Å². The molecule has 1 aromatic carbocycles. The Bertz CT molecular complexity index is 647. The van der Waals surface area contributed by atoms with Gasteiger partial charge >= 0.3 is 0 Å². The molecule has 0 unspecified atom stereocenters. The first-order valence-electron chi connectivity index (χ1n) is 5.66. The molecule has 0 aliphatic heterocycles. The summed E-state index contributed by atoms with van der Waals surface area (Å²) < 4.78 is 5.62. The van der Waals surface area contributed by atoms with Crippen LogP contribution in [-0.2, 0) is 5.75 Å². The van der Waals surface area contributed by atoms with Gasteiger partial charge in [0.15, 0.2) is 0 Å². The number of nitrogens with zero attached hydrogens (tertiary/aromatic N) is 2. The third-order valence-electron chi connectivity index (χ3n) is 2.44.